The molecular weight excluding hydrogens is 1040 g/mol. The number of unbranched alkanes of at least 4 members (excludes halogenated alkanes) is 59. The number of hydrogen-bond acceptors (Lipinski definition) is 5. The van der Waals surface area contributed by atoms with E-state index in [0.717, 1.165) is 44.9 Å². The first-order chi connectivity index (χ1) is 42.0. The van der Waals surface area contributed by atoms with E-state index >= 15 is 0 Å². The molecule has 2 unspecified atom stereocenters. The van der Waals surface area contributed by atoms with Gasteiger partial charge in [0.1, 0.15) is 0 Å². The van der Waals surface area contributed by atoms with Crippen molar-refractivity contribution in [2.24, 2.45) is 0 Å². The van der Waals surface area contributed by atoms with Crippen LogP contribution in [0.2, 0.25) is 0 Å². The highest BCUT2D eigenvalue weighted by Crippen LogP contribution is 2.20. The van der Waals surface area contributed by atoms with Crippen molar-refractivity contribution in [3.05, 3.63) is 24.3 Å². The quantitative estimate of drug-likeness (QED) is 0.0320. The number of ether oxygens (including phenoxy) is 1. The fourth-order valence-corrected chi connectivity index (χ4v) is 12.6. The Morgan fingerprint density at radius 2 is 0.588 bits per heavy atom. The number of carbonyl (C=O) groups excluding carboxylic acids is 2. The normalized spacial score (nSPS) is 12.6. The average Bonchev–Trinajstić information content (AvgIpc) is 3.51. The largest absolute Gasteiger partial charge is 0.466 e. The van der Waals surface area contributed by atoms with Crippen LogP contribution in [0.5, 0.6) is 0 Å². The number of hydrogen-bond donors (Lipinski definition) is 3. The molecule has 0 saturated heterocycles. The molecule has 6 heteroatoms. The molecule has 6 nitrogen and oxygen atoms in total. The highest BCUT2D eigenvalue weighted by Gasteiger charge is 2.20. The van der Waals surface area contributed by atoms with Crippen molar-refractivity contribution < 1.29 is 24.5 Å². The zero-order chi connectivity index (χ0) is 61.3. The summed E-state index contributed by atoms with van der Waals surface area (Å²) >= 11 is 0. The summed E-state index contributed by atoms with van der Waals surface area (Å²) in [5.74, 6) is -0.00501. The van der Waals surface area contributed by atoms with Gasteiger partial charge >= 0.3 is 5.97 Å². The summed E-state index contributed by atoms with van der Waals surface area (Å²) in [5.41, 5.74) is 0. The smallest absolute Gasteiger partial charge is 0.305 e. The molecule has 2 atom stereocenters. The maximum absolute atomic E-state index is 12.5. The second-order valence-electron chi connectivity index (χ2n) is 27.0. The van der Waals surface area contributed by atoms with Gasteiger partial charge in [0.05, 0.1) is 25.4 Å². The van der Waals surface area contributed by atoms with E-state index in [1.807, 2.05) is 0 Å². The molecule has 504 valence electrons. The summed E-state index contributed by atoms with van der Waals surface area (Å²) in [6.45, 7) is 5.00. The van der Waals surface area contributed by atoms with Gasteiger partial charge < -0.3 is 20.3 Å². The van der Waals surface area contributed by atoms with Crippen LogP contribution in [0.15, 0.2) is 24.3 Å². The molecule has 0 rings (SSSR count). The van der Waals surface area contributed by atoms with E-state index in [0.29, 0.717) is 25.9 Å². The first-order valence-corrected chi connectivity index (χ1v) is 39.1. The minimum atomic E-state index is -0.662. The van der Waals surface area contributed by atoms with E-state index in [-0.39, 0.29) is 18.5 Å². The molecule has 0 fully saturated rings. The predicted octanol–water partition coefficient (Wildman–Crippen LogP) is 25.7. The number of allylic oxidation sites excluding steroid dienone is 4. The summed E-state index contributed by atoms with van der Waals surface area (Å²) in [5, 5.41) is 23.4. The lowest BCUT2D eigenvalue weighted by atomic mass is 10.0. The summed E-state index contributed by atoms with van der Waals surface area (Å²) in [4.78, 5) is 24.6. The lowest BCUT2D eigenvalue weighted by Gasteiger charge is -2.22. The van der Waals surface area contributed by atoms with Crippen molar-refractivity contribution >= 4 is 11.9 Å². The van der Waals surface area contributed by atoms with Crippen LogP contribution in [0.3, 0.4) is 0 Å². The van der Waals surface area contributed by atoms with Gasteiger partial charge in [-0.1, -0.05) is 398 Å². The maximum Gasteiger partial charge on any atom is 0.305 e. The number of esters is 1. The molecule has 0 radical (unpaired) electrons. The minimum absolute atomic E-state index is 0.0234. The fraction of sp³-hybridized carbons (Fsp3) is 0.924. The van der Waals surface area contributed by atoms with E-state index in [1.165, 1.54) is 366 Å². The Hall–Kier alpha value is -1.66. The van der Waals surface area contributed by atoms with Crippen molar-refractivity contribution in [3.63, 3.8) is 0 Å². The zero-order valence-corrected chi connectivity index (χ0v) is 57.9. The Morgan fingerprint density at radius 1 is 0.329 bits per heavy atom. The lowest BCUT2D eigenvalue weighted by molar-refractivity contribution is -0.143. The third-order valence-corrected chi connectivity index (χ3v) is 18.5. The van der Waals surface area contributed by atoms with Crippen LogP contribution >= 0.6 is 0 Å². The number of amides is 1. The lowest BCUT2D eigenvalue weighted by Crippen LogP contribution is -2.45. The number of aliphatic hydroxyl groups excluding tert-OH is 2. The summed E-state index contributed by atoms with van der Waals surface area (Å²) in [7, 11) is 0. The Bertz CT molecular complexity index is 1330. The third-order valence-electron chi connectivity index (χ3n) is 18.5. The monoisotopic (exact) mass is 1200 g/mol. The molecule has 0 aliphatic rings. The molecule has 3 N–H and O–H groups in total. The van der Waals surface area contributed by atoms with Gasteiger partial charge in [0.2, 0.25) is 5.91 Å². The highest BCUT2D eigenvalue weighted by molar-refractivity contribution is 5.76. The van der Waals surface area contributed by atoms with Crippen LogP contribution in [0.25, 0.3) is 0 Å². The third kappa shape index (κ3) is 71.3. The molecular formula is C79H153NO5. The molecule has 1 amide bonds. The maximum atomic E-state index is 12.5. The molecule has 0 aromatic carbocycles. The van der Waals surface area contributed by atoms with Crippen LogP contribution in [0.4, 0.5) is 0 Å². The van der Waals surface area contributed by atoms with Crippen LogP contribution in [-0.4, -0.2) is 47.4 Å². The molecule has 0 heterocycles. The van der Waals surface area contributed by atoms with Crippen molar-refractivity contribution in [2.45, 2.75) is 456 Å². The van der Waals surface area contributed by atoms with Gasteiger partial charge in [0.25, 0.3) is 0 Å². The van der Waals surface area contributed by atoms with E-state index in [9.17, 15) is 19.8 Å². The molecule has 0 aliphatic carbocycles. The topological polar surface area (TPSA) is 95.9 Å². The van der Waals surface area contributed by atoms with Gasteiger partial charge in [0, 0.05) is 12.8 Å². The van der Waals surface area contributed by atoms with E-state index < -0.39 is 12.1 Å². The Morgan fingerprint density at radius 3 is 0.894 bits per heavy atom. The second kappa shape index (κ2) is 74.8. The van der Waals surface area contributed by atoms with Gasteiger partial charge in [-0.05, 0) is 57.8 Å². The summed E-state index contributed by atoms with van der Waals surface area (Å²) in [6.07, 6.45) is 95.6. The van der Waals surface area contributed by atoms with E-state index in [2.05, 4.69) is 43.5 Å². The first kappa shape index (κ1) is 83.3. The van der Waals surface area contributed by atoms with Crippen LogP contribution < -0.4 is 5.32 Å². The molecule has 0 aromatic heterocycles. The number of rotatable bonds is 74. The van der Waals surface area contributed by atoms with Gasteiger partial charge in [-0.25, -0.2) is 0 Å². The number of carbonyl (C=O) groups is 2. The minimum Gasteiger partial charge on any atom is -0.466 e. The number of nitrogens with one attached hydrogen (secondary N) is 1. The molecule has 85 heavy (non-hydrogen) atoms. The van der Waals surface area contributed by atoms with Gasteiger partial charge in [0.15, 0.2) is 0 Å². The van der Waals surface area contributed by atoms with E-state index in [4.69, 9.17) is 4.74 Å². The molecule has 0 saturated carbocycles. The van der Waals surface area contributed by atoms with Gasteiger partial charge in [-0.3, -0.25) is 9.59 Å². The Balaban J connectivity index is 3.34. The van der Waals surface area contributed by atoms with Crippen LogP contribution in [0.1, 0.15) is 444 Å². The molecule has 0 aromatic rings. The zero-order valence-electron chi connectivity index (χ0n) is 57.9. The average molecular weight is 1200 g/mol. The van der Waals surface area contributed by atoms with Crippen LogP contribution in [-0.2, 0) is 14.3 Å². The standard InChI is InChI=1S/C79H153NO5/c1-3-5-7-9-11-13-15-17-44-47-51-55-59-63-67-71-77(82)76(75-81)80-78(83)72-68-64-60-56-52-48-45-42-40-38-36-34-32-30-28-26-24-22-20-19-21-23-25-27-29-31-33-35-37-39-41-43-46-50-54-58-62-66-70-74-85-79(84)73-69-65-61-57-53-49-18-16-14-12-10-8-6-4-2/h19-20,23,25,76-77,81-82H,3-18,21-22,24,26-75H2,1-2H3,(H,80,83)/b20-19-,25-23-. The predicted molar refractivity (Wildman–Crippen MR) is 375 cm³/mol. The summed E-state index contributed by atoms with van der Waals surface area (Å²) < 4.78 is 5.50. The molecule has 0 spiro atoms. The van der Waals surface area contributed by atoms with Crippen LogP contribution in [0, 0.1) is 0 Å². The van der Waals surface area contributed by atoms with Gasteiger partial charge in [-0.2, -0.15) is 0 Å². The summed E-state index contributed by atoms with van der Waals surface area (Å²) in [6, 6.07) is -0.539. The van der Waals surface area contributed by atoms with Crippen molar-refractivity contribution in [2.75, 3.05) is 13.2 Å². The Labute approximate surface area is 532 Å². The van der Waals surface area contributed by atoms with Crippen molar-refractivity contribution in [3.8, 4) is 0 Å². The highest BCUT2D eigenvalue weighted by atomic mass is 16.5. The number of aliphatic hydroxyl groups is 2. The molecule has 0 aliphatic heterocycles. The SMILES string of the molecule is CCCCCCCCCCCCCCCCCC(O)C(CO)NC(=O)CCCCCCCCCCCCCCCCCCC/C=C\C/C=C\CCCCCCCCCCCCCCCCCOC(=O)CCCCCCCCCCCCCCCC. The molecule has 0 bridgehead atoms. The van der Waals surface area contributed by atoms with Gasteiger partial charge in [-0.15, -0.1) is 0 Å². The van der Waals surface area contributed by atoms with E-state index in [1.54, 1.807) is 0 Å². The van der Waals surface area contributed by atoms with Crippen molar-refractivity contribution in [1.82, 2.24) is 5.32 Å². The fourth-order valence-electron chi connectivity index (χ4n) is 12.6. The van der Waals surface area contributed by atoms with Crippen molar-refractivity contribution in [1.29, 1.82) is 0 Å². The first-order valence-electron chi connectivity index (χ1n) is 39.1. The Kier molecular flexibility index (Phi) is 73.3. The second-order valence-corrected chi connectivity index (χ2v) is 27.0.